The highest BCUT2D eigenvalue weighted by molar-refractivity contribution is 7.92. The Labute approximate surface area is 170 Å². The van der Waals surface area contributed by atoms with Gasteiger partial charge in [0.15, 0.2) is 20.8 Å². The molecule has 0 N–H and O–H groups in total. The Bertz CT molecular complexity index is 1100. The molecule has 2 bridgehead atoms. The maximum Gasteiger partial charge on any atom is 0.244 e. The molecule has 1 fully saturated rings. The van der Waals surface area contributed by atoms with Crippen molar-refractivity contribution in [3.8, 4) is 5.75 Å². The quantitative estimate of drug-likeness (QED) is 0.741. The van der Waals surface area contributed by atoms with Gasteiger partial charge in [0.05, 0.1) is 4.90 Å². The highest BCUT2D eigenvalue weighted by Crippen LogP contribution is 2.50. The molecule has 2 aromatic carbocycles. The lowest BCUT2D eigenvalue weighted by Crippen LogP contribution is -2.64. The molecule has 1 saturated heterocycles. The summed E-state index contributed by atoms with van der Waals surface area (Å²) in [5, 5.41) is -0.728. The topological polar surface area (TPSA) is 63.7 Å². The number of amides is 1. The van der Waals surface area contributed by atoms with Gasteiger partial charge in [0.1, 0.15) is 5.75 Å². The summed E-state index contributed by atoms with van der Waals surface area (Å²) < 4.78 is 33.3. The second kappa shape index (κ2) is 6.22. The monoisotopic (exact) mass is 419 g/mol. The fraction of sp³-hybridized carbons (Fsp3) is 0.381. The van der Waals surface area contributed by atoms with Crippen LogP contribution in [0.4, 0.5) is 0 Å². The van der Waals surface area contributed by atoms with Crippen LogP contribution in [-0.2, 0) is 14.6 Å². The Kier molecular flexibility index (Phi) is 4.28. The molecule has 2 heterocycles. The first-order valence-corrected chi connectivity index (χ1v) is 11.0. The largest absolute Gasteiger partial charge is 0.468 e. The molecule has 3 atom stereocenters. The van der Waals surface area contributed by atoms with Gasteiger partial charge in [-0.2, -0.15) is 0 Å². The maximum absolute atomic E-state index is 13.6. The van der Waals surface area contributed by atoms with Crippen molar-refractivity contribution in [2.75, 3.05) is 7.05 Å². The molecule has 0 aromatic heterocycles. The molecule has 148 valence electrons. The number of piperidine rings is 1. The zero-order chi connectivity index (χ0) is 20.4. The number of halogens is 1. The number of hydrogen-bond acceptors (Lipinski definition) is 4. The molecule has 5 nitrogen and oxygen atoms in total. The van der Waals surface area contributed by atoms with E-state index in [0.717, 1.165) is 11.1 Å². The molecule has 2 aliphatic heterocycles. The minimum Gasteiger partial charge on any atom is -0.468 e. The van der Waals surface area contributed by atoms with Crippen molar-refractivity contribution >= 4 is 27.3 Å². The van der Waals surface area contributed by atoms with Crippen LogP contribution in [0.1, 0.15) is 36.0 Å². The number of benzene rings is 2. The number of fused-ring (bicyclic) bond motifs is 4. The Morgan fingerprint density at radius 2 is 1.86 bits per heavy atom. The summed E-state index contributed by atoms with van der Waals surface area (Å²) in [6.45, 7) is 5.60. The van der Waals surface area contributed by atoms with E-state index in [2.05, 4.69) is 0 Å². The zero-order valence-corrected chi connectivity index (χ0v) is 17.8. The second-order valence-corrected chi connectivity index (χ2v) is 10.4. The minimum atomic E-state index is -3.91. The van der Waals surface area contributed by atoms with Crippen LogP contribution in [0.2, 0.25) is 5.02 Å². The van der Waals surface area contributed by atoms with Crippen molar-refractivity contribution < 1.29 is 17.9 Å². The third kappa shape index (κ3) is 2.73. The summed E-state index contributed by atoms with van der Waals surface area (Å²) in [4.78, 5) is 14.8. The molecule has 0 radical (unpaired) electrons. The maximum atomic E-state index is 13.6. The first kappa shape index (κ1) is 19.3. The number of likely N-dealkylation sites (tertiary alicyclic amines) is 1. The molecule has 1 amide bonds. The first-order chi connectivity index (χ1) is 13.0. The molecule has 2 aliphatic rings. The summed E-state index contributed by atoms with van der Waals surface area (Å²) in [7, 11) is -2.31. The molecule has 4 rings (SSSR count). The van der Waals surface area contributed by atoms with Crippen molar-refractivity contribution in [2.24, 2.45) is 0 Å². The van der Waals surface area contributed by atoms with E-state index in [1.807, 2.05) is 20.8 Å². The van der Waals surface area contributed by atoms with Crippen LogP contribution in [-0.4, -0.2) is 37.2 Å². The fourth-order valence-corrected chi connectivity index (χ4v) is 6.33. The Morgan fingerprint density at radius 3 is 2.54 bits per heavy atom. The summed E-state index contributed by atoms with van der Waals surface area (Å²) in [5.74, 6) is -0.409. The van der Waals surface area contributed by atoms with E-state index in [4.69, 9.17) is 16.3 Å². The van der Waals surface area contributed by atoms with Crippen molar-refractivity contribution in [3.05, 3.63) is 58.1 Å². The van der Waals surface area contributed by atoms with Gasteiger partial charge in [0.25, 0.3) is 0 Å². The predicted molar refractivity (Wildman–Crippen MR) is 108 cm³/mol. The Hall–Kier alpha value is -2.05. The van der Waals surface area contributed by atoms with Crippen molar-refractivity contribution in [1.82, 2.24) is 4.90 Å². The number of nitrogens with zero attached hydrogens (tertiary/aromatic N) is 1. The van der Waals surface area contributed by atoms with Crippen LogP contribution in [0.25, 0.3) is 0 Å². The Balaban J connectivity index is 1.91. The fourth-order valence-electron chi connectivity index (χ4n) is 4.16. The number of carbonyl (C=O) groups excluding carboxylic acids is 1. The van der Waals surface area contributed by atoms with E-state index >= 15 is 0 Å². The molecular weight excluding hydrogens is 398 g/mol. The normalized spacial score (nSPS) is 26.6. The average Bonchev–Trinajstić information content (AvgIpc) is 2.62. The Morgan fingerprint density at radius 1 is 1.14 bits per heavy atom. The third-order valence-corrected chi connectivity index (χ3v) is 8.43. The third-order valence-electron chi connectivity index (χ3n) is 6.09. The number of rotatable bonds is 2. The second-order valence-electron chi connectivity index (χ2n) is 7.88. The first-order valence-electron chi connectivity index (χ1n) is 9.12. The number of carbonyl (C=O) groups is 1. The van der Waals surface area contributed by atoms with Gasteiger partial charge in [0.2, 0.25) is 5.91 Å². The molecule has 0 saturated carbocycles. The lowest BCUT2D eigenvalue weighted by atomic mass is 9.80. The van der Waals surface area contributed by atoms with E-state index in [-0.39, 0.29) is 4.90 Å². The lowest BCUT2D eigenvalue weighted by Gasteiger charge is -2.51. The number of aryl methyl sites for hydroxylation is 2. The van der Waals surface area contributed by atoms with E-state index < -0.39 is 32.6 Å². The van der Waals surface area contributed by atoms with Gasteiger partial charge >= 0.3 is 0 Å². The van der Waals surface area contributed by atoms with E-state index in [1.54, 1.807) is 43.4 Å². The molecule has 3 unspecified atom stereocenters. The summed E-state index contributed by atoms with van der Waals surface area (Å²) >= 11 is 6.17. The van der Waals surface area contributed by atoms with Crippen molar-refractivity contribution in [2.45, 2.75) is 49.0 Å². The van der Waals surface area contributed by atoms with Crippen LogP contribution < -0.4 is 4.74 Å². The number of sulfone groups is 1. The highest BCUT2D eigenvalue weighted by atomic mass is 35.5. The summed E-state index contributed by atoms with van der Waals surface area (Å²) in [5.41, 5.74) is 1.65. The van der Waals surface area contributed by atoms with Crippen LogP contribution in [0.3, 0.4) is 0 Å². The van der Waals surface area contributed by atoms with Gasteiger partial charge in [-0.15, -0.1) is 0 Å². The van der Waals surface area contributed by atoms with Gasteiger partial charge < -0.3 is 9.64 Å². The van der Waals surface area contributed by atoms with Gasteiger partial charge in [-0.05, 0) is 62.2 Å². The minimum absolute atomic E-state index is 0.168. The summed E-state index contributed by atoms with van der Waals surface area (Å²) in [6, 6.07) is 10.2. The van der Waals surface area contributed by atoms with Gasteiger partial charge in [-0.3, -0.25) is 4.79 Å². The van der Waals surface area contributed by atoms with Gasteiger partial charge in [-0.25, -0.2) is 8.42 Å². The van der Waals surface area contributed by atoms with Crippen LogP contribution >= 0.6 is 11.6 Å². The van der Waals surface area contributed by atoms with Crippen LogP contribution in [0, 0.1) is 13.8 Å². The average molecular weight is 420 g/mol. The lowest BCUT2D eigenvalue weighted by molar-refractivity contribution is -0.159. The number of hydrogen-bond donors (Lipinski definition) is 0. The van der Waals surface area contributed by atoms with Crippen molar-refractivity contribution in [1.29, 1.82) is 0 Å². The van der Waals surface area contributed by atoms with E-state index in [9.17, 15) is 13.2 Å². The predicted octanol–water partition coefficient (Wildman–Crippen LogP) is 3.85. The van der Waals surface area contributed by atoms with Crippen LogP contribution in [0.5, 0.6) is 5.75 Å². The molecule has 0 aliphatic carbocycles. The van der Waals surface area contributed by atoms with Crippen LogP contribution in [0.15, 0.2) is 41.3 Å². The molecule has 28 heavy (non-hydrogen) atoms. The molecule has 0 spiro atoms. The summed E-state index contributed by atoms with van der Waals surface area (Å²) in [6.07, 6.45) is 0.386. The molecule has 2 aromatic rings. The standard InChI is InChI=1S/C21H22ClNO4S/c1-12-5-7-15(9-13(12)2)28(25,26)19-17-11-21(3,23(4)20(19)24)27-18-8-6-14(22)10-16(17)18/h5-10,17,19H,11H2,1-4H3. The van der Waals surface area contributed by atoms with E-state index in [0.29, 0.717) is 22.8 Å². The highest BCUT2D eigenvalue weighted by Gasteiger charge is 2.57. The zero-order valence-electron chi connectivity index (χ0n) is 16.2. The molecular formula is C21H22ClNO4S. The van der Waals surface area contributed by atoms with Crippen molar-refractivity contribution in [3.63, 3.8) is 0 Å². The SMILES string of the molecule is Cc1ccc(S(=O)(=O)C2C(=O)N(C)C3(C)CC2c2cc(Cl)ccc2O3)cc1C. The smallest absolute Gasteiger partial charge is 0.244 e. The van der Waals surface area contributed by atoms with E-state index in [1.165, 1.54) is 4.90 Å². The molecule has 7 heteroatoms. The van der Waals surface area contributed by atoms with Gasteiger partial charge in [0, 0.05) is 30.0 Å². The van der Waals surface area contributed by atoms with Gasteiger partial charge in [-0.1, -0.05) is 17.7 Å². The number of ether oxygens (including phenoxy) is 1.